The number of hydrogen-bond donors (Lipinski definition) is 4. The molecule has 4 amide bonds. The summed E-state index contributed by atoms with van der Waals surface area (Å²) in [4.78, 5) is 66.8. The Morgan fingerprint density at radius 1 is 1.14 bits per heavy atom. The van der Waals surface area contributed by atoms with Crippen molar-refractivity contribution >= 4 is 52.2 Å². The molecule has 0 bridgehead atoms. The number of hydrogen-bond acceptors (Lipinski definition) is 8. The number of ether oxygens (including phenoxy) is 1. The number of benzene rings is 2. The highest BCUT2D eigenvalue weighted by Gasteiger charge is 2.44. The molecule has 1 aliphatic heterocycles. The number of H-pyrrole nitrogens is 1. The smallest absolute Gasteiger partial charge is 0.328 e. The minimum atomic E-state index is -1.13. The van der Waals surface area contributed by atoms with Crippen LogP contribution in [0.15, 0.2) is 78.2 Å². The zero-order valence-electron chi connectivity index (χ0n) is 23.6. The molecule has 4 N–H and O–H groups in total. The van der Waals surface area contributed by atoms with Crippen molar-refractivity contribution in [1.29, 1.82) is 0 Å². The van der Waals surface area contributed by atoms with E-state index in [0.717, 1.165) is 21.4 Å². The zero-order chi connectivity index (χ0) is 30.3. The third-order valence-electron chi connectivity index (χ3n) is 7.25. The van der Waals surface area contributed by atoms with E-state index in [2.05, 4.69) is 30.9 Å². The molecule has 3 atom stereocenters. The van der Waals surface area contributed by atoms with Crippen LogP contribution in [-0.2, 0) is 20.7 Å². The van der Waals surface area contributed by atoms with Gasteiger partial charge in [0.1, 0.15) is 17.8 Å². The van der Waals surface area contributed by atoms with E-state index >= 15 is 0 Å². The minimum Gasteiger partial charge on any atom is -0.467 e. The molecular weight excluding hydrogens is 570 g/mol. The number of thioether (sulfide) groups is 1. The molecule has 0 saturated carbocycles. The lowest BCUT2D eigenvalue weighted by Crippen LogP contribution is -2.58. The summed E-state index contributed by atoms with van der Waals surface area (Å²) >= 11 is 1.54. The number of methoxy groups -OCH3 is 1. The number of amides is 4. The minimum absolute atomic E-state index is 0.0580. The molecule has 0 radical (unpaired) electrons. The van der Waals surface area contributed by atoms with Crippen molar-refractivity contribution in [3.05, 3.63) is 84.6 Å². The van der Waals surface area contributed by atoms with Crippen LogP contribution in [-0.4, -0.2) is 81.7 Å². The summed E-state index contributed by atoms with van der Waals surface area (Å²) in [7, 11) is 1.25. The zero-order valence-corrected chi connectivity index (χ0v) is 24.4. The van der Waals surface area contributed by atoms with Gasteiger partial charge in [0.2, 0.25) is 5.91 Å². The van der Waals surface area contributed by atoms with Gasteiger partial charge in [-0.3, -0.25) is 14.6 Å². The highest BCUT2D eigenvalue weighted by atomic mass is 32.2. The first-order valence-corrected chi connectivity index (χ1v) is 14.8. The van der Waals surface area contributed by atoms with Crippen LogP contribution in [0.2, 0.25) is 0 Å². The summed E-state index contributed by atoms with van der Waals surface area (Å²) < 4.78 is 5.01. The van der Waals surface area contributed by atoms with Crippen molar-refractivity contribution in [2.75, 3.05) is 25.2 Å². The van der Waals surface area contributed by atoms with Crippen LogP contribution in [0, 0.1) is 0 Å². The fourth-order valence-corrected chi connectivity index (χ4v) is 5.66. The van der Waals surface area contributed by atoms with Crippen LogP contribution < -0.4 is 16.0 Å². The van der Waals surface area contributed by atoms with E-state index < -0.39 is 41.9 Å². The molecule has 43 heavy (non-hydrogen) atoms. The molecule has 5 rings (SSSR count). The van der Waals surface area contributed by atoms with Gasteiger partial charge < -0.3 is 30.6 Å². The molecule has 1 aliphatic rings. The Bertz CT molecular complexity index is 1630. The maximum atomic E-state index is 13.9. The van der Waals surface area contributed by atoms with E-state index in [1.807, 2.05) is 48.7 Å². The van der Waals surface area contributed by atoms with Crippen LogP contribution >= 0.6 is 11.8 Å². The fraction of sp³-hybridized carbons (Fsp3) is 0.267. The molecule has 0 aliphatic carbocycles. The second kappa shape index (κ2) is 13.4. The molecule has 1 saturated heterocycles. The van der Waals surface area contributed by atoms with Gasteiger partial charge in [0.05, 0.1) is 19.3 Å². The summed E-state index contributed by atoms with van der Waals surface area (Å²) in [6.45, 7) is 0.172. The van der Waals surface area contributed by atoms with Crippen molar-refractivity contribution in [2.45, 2.75) is 35.9 Å². The average Bonchev–Trinajstić information content (AvgIpc) is 3.64. The maximum absolute atomic E-state index is 13.9. The highest BCUT2D eigenvalue weighted by molar-refractivity contribution is 7.98. The second-order valence-corrected chi connectivity index (χ2v) is 10.8. The quantitative estimate of drug-likeness (QED) is 0.168. The lowest BCUT2D eigenvalue weighted by atomic mass is 10.0. The first kappa shape index (κ1) is 29.6. The lowest BCUT2D eigenvalue weighted by Gasteiger charge is -2.29. The summed E-state index contributed by atoms with van der Waals surface area (Å²) in [6.07, 6.45) is 8.32. The number of aromatic amines is 1. The first-order chi connectivity index (χ1) is 20.9. The molecule has 13 heteroatoms. The normalized spacial score (nSPS) is 16.8. The summed E-state index contributed by atoms with van der Waals surface area (Å²) in [5.74, 6) is -1.77. The van der Waals surface area contributed by atoms with E-state index in [4.69, 9.17) is 4.74 Å². The summed E-state index contributed by atoms with van der Waals surface area (Å²) in [6, 6.07) is 11.5. The molecule has 2 aromatic heterocycles. The number of esters is 1. The SMILES string of the molecule is COC(=O)C(Cc1c[nH]c2ccccc12)NC(=O)C1C(NC(=O)Nc2cccc(SC)c2)CCN1C(=O)c1cnccn1. The van der Waals surface area contributed by atoms with Gasteiger partial charge in [-0.05, 0) is 42.5 Å². The van der Waals surface area contributed by atoms with Gasteiger partial charge in [0, 0.05) is 53.0 Å². The largest absolute Gasteiger partial charge is 0.467 e. The third kappa shape index (κ3) is 6.78. The average molecular weight is 602 g/mol. The Kier molecular flexibility index (Phi) is 9.20. The Morgan fingerprint density at radius 3 is 2.74 bits per heavy atom. The standard InChI is InChI=1S/C30H31N7O5S/c1-42-29(40)24(14-18-16-33-22-9-4-3-8-21(18)22)35-27(38)26-23(10-13-37(26)28(39)25-17-31-11-12-32-25)36-30(41)34-19-6-5-7-20(15-19)43-2/h3-9,11-12,15-17,23-24,26,33H,10,13-14H2,1-2H3,(H,35,38)(H2,34,36,41). The van der Waals surface area contributed by atoms with E-state index in [1.54, 1.807) is 24.0 Å². The van der Waals surface area contributed by atoms with Crippen LogP contribution in [0.3, 0.4) is 0 Å². The fourth-order valence-electron chi connectivity index (χ4n) is 5.20. The highest BCUT2D eigenvalue weighted by Crippen LogP contribution is 2.24. The predicted octanol–water partition coefficient (Wildman–Crippen LogP) is 2.99. The number of anilines is 1. The topological polar surface area (TPSA) is 158 Å². The molecule has 222 valence electrons. The molecule has 12 nitrogen and oxygen atoms in total. The number of para-hydroxylation sites is 1. The molecule has 2 aromatic carbocycles. The van der Waals surface area contributed by atoms with Crippen molar-refractivity contribution in [1.82, 2.24) is 30.5 Å². The lowest BCUT2D eigenvalue weighted by molar-refractivity contribution is -0.145. The molecule has 0 spiro atoms. The molecule has 3 unspecified atom stereocenters. The number of carbonyl (C=O) groups is 4. The van der Waals surface area contributed by atoms with Crippen LogP contribution in [0.25, 0.3) is 10.9 Å². The number of likely N-dealkylation sites (tertiary alicyclic amines) is 1. The Balaban J connectivity index is 1.38. The second-order valence-electron chi connectivity index (χ2n) is 9.91. The molecule has 1 fully saturated rings. The Hall–Kier alpha value is -4.91. The van der Waals surface area contributed by atoms with E-state index in [1.165, 1.54) is 30.6 Å². The first-order valence-electron chi connectivity index (χ1n) is 13.6. The van der Waals surface area contributed by atoms with Gasteiger partial charge >= 0.3 is 12.0 Å². The van der Waals surface area contributed by atoms with Gasteiger partial charge in [0.25, 0.3) is 5.91 Å². The van der Waals surface area contributed by atoms with Crippen molar-refractivity contribution < 1.29 is 23.9 Å². The Labute approximate surface area is 252 Å². The number of rotatable bonds is 9. The molecule has 4 aromatic rings. The van der Waals surface area contributed by atoms with Gasteiger partial charge in [0.15, 0.2) is 0 Å². The molecule has 3 heterocycles. The summed E-state index contributed by atoms with van der Waals surface area (Å²) in [5.41, 5.74) is 2.34. The van der Waals surface area contributed by atoms with Crippen LogP contribution in [0.4, 0.5) is 10.5 Å². The van der Waals surface area contributed by atoms with E-state index in [9.17, 15) is 19.2 Å². The number of urea groups is 1. The molecular formula is C30H31N7O5S. The van der Waals surface area contributed by atoms with Gasteiger partial charge in [-0.25, -0.2) is 14.6 Å². The van der Waals surface area contributed by atoms with E-state index in [-0.39, 0.29) is 18.7 Å². The maximum Gasteiger partial charge on any atom is 0.328 e. The number of carbonyl (C=O) groups excluding carboxylic acids is 4. The van der Waals surface area contributed by atoms with Crippen LogP contribution in [0.5, 0.6) is 0 Å². The van der Waals surface area contributed by atoms with Gasteiger partial charge in [-0.15, -0.1) is 11.8 Å². The number of nitrogens with zero attached hydrogens (tertiary/aromatic N) is 3. The van der Waals surface area contributed by atoms with Crippen molar-refractivity contribution in [3.63, 3.8) is 0 Å². The number of aromatic nitrogens is 3. The Morgan fingerprint density at radius 2 is 1.98 bits per heavy atom. The van der Waals surface area contributed by atoms with Gasteiger partial charge in [-0.1, -0.05) is 24.3 Å². The number of nitrogens with one attached hydrogen (secondary N) is 4. The third-order valence-corrected chi connectivity index (χ3v) is 7.98. The van der Waals surface area contributed by atoms with E-state index in [0.29, 0.717) is 12.1 Å². The monoisotopic (exact) mass is 601 g/mol. The van der Waals surface area contributed by atoms with Crippen molar-refractivity contribution in [2.24, 2.45) is 0 Å². The van der Waals surface area contributed by atoms with Crippen molar-refractivity contribution in [3.8, 4) is 0 Å². The van der Waals surface area contributed by atoms with Crippen LogP contribution in [0.1, 0.15) is 22.5 Å². The predicted molar refractivity (Wildman–Crippen MR) is 162 cm³/mol. The summed E-state index contributed by atoms with van der Waals surface area (Å²) in [5, 5.41) is 9.34. The number of fused-ring (bicyclic) bond motifs is 1. The van der Waals surface area contributed by atoms with Gasteiger partial charge in [-0.2, -0.15) is 0 Å².